The van der Waals surface area contributed by atoms with E-state index in [-0.39, 0.29) is 31.1 Å². The Morgan fingerprint density at radius 3 is 2.49 bits per heavy atom. The zero-order chi connectivity index (χ0) is 25.8. The summed E-state index contributed by atoms with van der Waals surface area (Å²) in [4.78, 5) is 39.8. The van der Waals surface area contributed by atoms with Crippen LogP contribution in [0, 0.1) is 5.92 Å². The van der Waals surface area contributed by atoms with Gasteiger partial charge in [-0.1, -0.05) is 32.3 Å². The summed E-state index contributed by atoms with van der Waals surface area (Å²) in [5.41, 5.74) is 0.864. The van der Waals surface area contributed by atoms with Crippen molar-refractivity contribution in [3.05, 3.63) is 48.2 Å². The first kappa shape index (κ1) is 27.6. The second kappa shape index (κ2) is 13.3. The molecule has 0 fully saturated rings. The number of nitrogens with one attached hydrogen (secondary N) is 2. The zero-order valence-corrected chi connectivity index (χ0v) is 19.0. The van der Waals surface area contributed by atoms with Crippen LogP contribution in [0.3, 0.4) is 0 Å². The molecule has 9 nitrogen and oxygen atoms in total. The molecule has 1 heterocycles. The van der Waals surface area contributed by atoms with Crippen LogP contribution < -0.4 is 15.4 Å². The van der Waals surface area contributed by atoms with E-state index in [1.165, 1.54) is 18.2 Å². The third-order valence-corrected chi connectivity index (χ3v) is 4.93. The van der Waals surface area contributed by atoms with Crippen LogP contribution in [0.5, 0.6) is 5.75 Å². The molecule has 0 saturated heterocycles. The predicted octanol–water partition coefficient (Wildman–Crippen LogP) is 3.49. The quantitative estimate of drug-likeness (QED) is 0.128. The lowest BCUT2D eigenvalue weighted by Gasteiger charge is -2.19. The maximum absolute atomic E-state index is 12.5. The molecule has 1 unspecified atom stereocenters. The Bertz CT molecular complexity index is 986. The number of unbranched alkanes of at least 4 members (excludes halogenated alkanes) is 2. The molecule has 3 amide bonds. The molecule has 0 saturated carbocycles. The van der Waals surface area contributed by atoms with E-state index >= 15 is 0 Å². The maximum Gasteiger partial charge on any atom is 0.573 e. The van der Waals surface area contributed by atoms with Crippen LogP contribution >= 0.6 is 0 Å². The number of hydrogen-bond acceptors (Lipinski definition) is 6. The summed E-state index contributed by atoms with van der Waals surface area (Å²) in [5, 5.41) is 14.9. The molecule has 0 bridgehead atoms. The number of rotatable bonds is 13. The van der Waals surface area contributed by atoms with Gasteiger partial charge in [0.1, 0.15) is 11.4 Å². The molecule has 0 aliphatic heterocycles. The monoisotopic (exact) mass is 496 g/mol. The number of hydroxylamine groups is 2. The first-order chi connectivity index (χ1) is 16.6. The van der Waals surface area contributed by atoms with Crippen LogP contribution in [-0.2, 0) is 9.59 Å². The van der Waals surface area contributed by atoms with Crippen LogP contribution in [0.25, 0.3) is 11.3 Å². The average Bonchev–Trinajstić information content (AvgIpc) is 2.82. The van der Waals surface area contributed by atoms with Crippen molar-refractivity contribution < 1.29 is 37.5 Å². The molecule has 2 rings (SSSR count). The topological polar surface area (TPSA) is 121 Å². The standard InChI is InChI=1S/C23H27F3N4O5/c1-2-3-4-6-17(13-30(34)15-31)21(32)27-14-28-22(33)20-8-5-7-19(29-20)16-9-11-18(12-10-16)35-23(24,25)26/h5,7-12,15,17,34H,2-4,6,13-14H2,1H3,(H,27,32)(H,28,33). The molecule has 1 atom stereocenters. The van der Waals surface area contributed by atoms with Gasteiger partial charge < -0.3 is 15.4 Å². The number of benzene rings is 1. The van der Waals surface area contributed by atoms with E-state index in [0.29, 0.717) is 22.7 Å². The van der Waals surface area contributed by atoms with Crippen molar-refractivity contribution in [2.75, 3.05) is 13.2 Å². The number of ether oxygens (including phenoxy) is 1. The Kier molecular flexibility index (Phi) is 10.5. The second-order valence-corrected chi connectivity index (χ2v) is 7.62. The summed E-state index contributed by atoms with van der Waals surface area (Å²) in [5.74, 6) is -2.02. The van der Waals surface area contributed by atoms with Gasteiger partial charge in [-0.3, -0.25) is 19.6 Å². The summed E-state index contributed by atoms with van der Waals surface area (Å²) in [6.45, 7) is 1.64. The summed E-state index contributed by atoms with van der Waals surface area (Å²) in [6.07, 6.45) is -1.53. The minimum atomic E-state index is -4.80. The molecule has 0 aliphatic carbocycles. The Morgan fingerprint density at radius 1 is 1.14 bits per heavy atom. The lowest BCUT2D eigenvalue weighted by molar-refractivity contribution is -0.274. The minimum absolute atomic E-state index is 0.0364. The van der Waals surface area contributed by atoms with Gasteiger partial charge in [0.25, 0.3) is 5.91 Å². The van der Waals surface area contributed by atoms with Gasteiger partial charge in [-0.05, 0) is 42.8 Å². The molecule has 2 aromatic rings. The van der Waals surface area contributed by atoms with Gasteiger partial charge in [-0.2, -0.15) is 0 Å². The molecule has 35 heavy (non-hydrogen) atoms. The maximum atomic E-state index is 12.5. The van der Waals surface area contributed by atoms with Gasteiger partial charge in [0, 0.05) is 5.56 Å². The first-order valence-electron chi connectivity index (χ1n) is 10.9. The van der Waals surface area contributed by atoms with Gasteiger partial charge in [0.05, 0.1) is 24.8 Å². The van der Waals surface area contributed by atoms with Gasteiger partial charge in [0.2, 0.25) is 12.3 Å². The van der Waals surface area contributed by atoms with E-state index in [9.17, 15) is 32.8 Å². The molecular formula is C23H27F3N4O5. The number of alkyl halides is 3. The highest BCUT2D eigenvalue weighted by atomic mass is 19.4. The highest BCUT2D eigenvalue weighted by Gasteiger charge is 2.31. The Balaban J connectivity index is 1.95. The molecule has 0 spiro atoms. The van der Waals surface area contributed by atoms with Crippen LogP contribution in [0.2, 0.25) is 0 Å². The number of carbonyl (C=O) groups is 3. The number of hydrogen-bond donors (Lipinski definition) is 3. The highest BCUT2D eigenvalue weighted by Crippen LogP contribution is 2.25. The number of aromatic nitrogens is 1. The summed E-state index contributed by atoms with van der Waals surface area (Å²) < 4.78 is 40.8. The van der Waals surface area contributed by atoms with Gasteiger partial charge in [-0.15, -0.1) is 13.2 Å². The number of pyridine rings is 1. The first-order valence-corrected chi connectivity index (χ1v) is 10.9. The van der Waals surface area contributed by atoms with E-state index in [1.54, 1.807) is 12.1 Å². The summed E-state index contributed by atoms with van der Waals surface area (Å²) in [7, 11) is 0. The number of halogens is 3. The Morgan fingerprint density at radius 2 is 1.86 bits per heavy atom. The van der Waals surface area contributed by atoms with E-state index < -0.39 is 24.1 Å². The van der Waals surface area contributed by atoms with Crippen molar-refractivity contribution in [1.29, 1.82) is 0 Å². The lowest BCUT2D eigenvalue weighted by Crippen LogP contribution is -2.43. The molecule has 0 aliphatic rings. The van der Waals surface area contributed by atoms with Crippen molar-refractivity contribution in [3.63, 3.8) is 0 Å². The van der Waals surface area contributed by atoms with Gasteiger partial charge >= 0.3 is 6.36 Å². The van der Waals surface area contributed by atoms with E-state index in [2.05, 4.69) is 20.4 Å². The van der Waals surface area contributed by atoms with Gasteiger partial charge in [0.15, 0.2) is 0 Å². The van der Waals surface area contributed by atoms with Crippen molar-refractivity contribution in [1.82, 2.24) is 20.7 Å². The SMILES string of the molecule is CCCCCC(CN(O)C=O)C(=O)NCNC(=O)c1cccc(-c2ccc(OC(F)(F)F)cc2)n1. The van der Waals surface area contributed by atoms with E-state index in [1.807, 2.05) is 6.92 Å². The number of carbonyl (C=O) groups excluding carboxylic acids is 3. The Hall–Kier alpha value is -3.67. The van der Waals surface area contributed by atoms with Gasteiger partial charge in [-0.25, -0.2) is 10.0 Å². The molecule has 0 radical (unpaired) electrons. The number of amides is 3. The van der Waals surface area contributed by atoms with Crippen molar-refractivity contribution >= 4 is 18.2 Å². The molecular weight excluding hydrogens is 469 g/mol. The predicted molar refractivity (Wildman–Crippen MR) is 119 cm³/mol. The van der Waals surface area contributed by atoms with Crippen molar-refractivity contribution in [2.45, 2.75) is 39.0 Å². The zero-order valence-electron chi connectivity index (χ0n) is 19.0. The largest absolute Gasteiger partial charge is 0.573 e. The van der Waals surface area contributed by atoms with Crippen LogP contribution in [0.15, 0.2) is 42.5 Å². The van der Waals surface area contributed by atoms with Crippen molar-refractivity contribution in [2.24, 2.45) is 5.92 Å². The van der Waals surface area contributed by atoms with Crippen LogP contribution in [-0.4, -0.2) is 53.1 Å². The lowest BCUT2D eigenvalue weighted by atomic mass is 10.0. The van der Waals surface area contributed by atoms with E-state index in [0.717, 1.165) is 31.4 Å². The molecule has 1 aromatic heterocycles. The normalized spacial score (nSPS) is 11.9. The van der Waals surface area contributed by atoms with E-state index in [4.69, 9.17) is 0 Å². The van der Waals surface area contributed by atoms with Crippen LogP contribution in [0.1, 0.15) is 43.1 Å². The molecule has 190 valence electrons. The highest BCUT2D eigenvalue weighted by molar-refractivity contribution is 5.93. The molecule has 3 N–H and O–H groups in total. The Labute approximate surface area is 200 Å². The molecule has 1 aromatic carbocycles. The van der Waals surface area contributed by atoms with Crippen LogP contribution in [0.4, 0.5) is 13.2 Å². The fourth-order valence-corrected chi connectivity index (χ4v) is 3.21. The smallest absolute Gasteiger partial charge is 0.406 e. The van der Waals surface area contributed by atoms with Crippen molar-refractivity contribution in [3.8, 4) is 17.0 Å². The number of nitrogens with zero attached hydrogens (tertiary/aromatic N) is 2. The third kappa shape index (κ3) is 9.61. The summed E-state index contributed by atoms with van der Waals surface area (Å²) in [6, 6.07) is 9.65. The minimum Gasteiger partial charge on any atom is -0.406 e. The molecule has 12 heteroatoms. The fraction of sp³-hybridized carbons (Fsp3) is 0.391. The fourth-order valence-electron chi connectivity index (χ4n) is 3.21. The summed E-state index contributed by atoms with van der Waals surface area (Å²) >= 11 is 0. The second-order valence-electron chi connectivity index (χ2n) is 7.62. The third-order valence-electron chi connectivity index (χ3n) is 4.93. The average molecular weight is 496 g/mol.